The number of fused-ring (bicyclic) bond motifs is 2. The molecule has 1 saturated heterocycles. The predicted molar refractivity (Wildman–Crippen MR) is 56.5 cm³/mol. The SMILES string of the molecule is CNC1C2CC3N(O)C4(C)CC1CC34C2. The van der Waals surface area contributed by atoms with Crippen molar-refractivity contribution >= 4 is 0 Å². The number of nitrogens with zero attached hydrogens (tertiary/aromatic N) is 1. The molecule has 6 unspecified atom stereocenters. The molecule has 4 rings (SSSR count). The minimum Gasteiger partial charge on any atom is -0.316 e. The van der Waals surface area contributed by atoms with Crippen molar-refractivity contribution in [2.75, 3.05) is 7.05 Å². The molecular weight excluding hydrogens is 188 g/mol. The Morgan fingerprint density at radius 3 is 2.73 bits per heavy atom. The first kappa shape index (κ1) is 8.97. The summed E-state index contributed by atoms with van der Waals surface area (Å²) in [4.78, 5) is 0. The van der Waals surface area contributed by atoms with Gasteiger partial charge in [-0.25, -0.2) is 0 Å². The Kier molecular flexibility index (Phi) is 1.35. The van der Waals surface area contributed by atoms with Crippen LogP contribution >= 0.6 is 0 Å². The molecule has 15 heavy (non-hydrogen) atoms. The van der Waals surface area contributed by atoms with Crippen LogP contribution in [0.2, 0.25) is 0 Å². The van der Waals surface area contributed by atoms with Gasteiger partial charge in [0.2, 0.25) is 0 Å². The third-order valence-electron chi connectivity index (χ3n) is 6.30. The van der Waals surface area contributed by atoms with Crippen molar-refractivity contribution in [1.82, 2.24) is 10.4 Å². The summed E-state index contributed by atoms with van der Waals surface area (Å²) in [6, 6.07) is 1.20. The molecule has 1 heterocycles. The van der Waals surface area contributed by atoms with E-state index in [0.717, 1.165) is 17.9 Å². The molecule has 3 saturated carbocycles. The van der Waals surface area contributed by atoms with Crippen LogP contribution in [0.4, 0.5) is 0 Å². The van der Waals surface area contributed by atoms with Gasteiger partial charge in [0.15, 0.2) is 0 Å². The van der Waals surface area contributed by atoms with Gasteiger partial charge in [-0.15, -0.1) is 0 Å². The molecule has 3 heteroatoms. The Balaban J connectivity index is 1.82. The van der Waals surface area contributed by atoms with Crippen LogP contribution in [0.5, 0.6) is 0 Å². The molecule has 0 aromatic carbocycles. The highest BCUT2D eigenvalue weighted by Crippen LogP contribution is 2.74. The fourth-order valence-electron chi connectivity index (χ4n) is 5.79. The molecule has 3 bridgehead atoms. The van der Waals surface area contributed by atoms with Gasteiger partial charge < -0.3 is 10.5 Å². The third kappa shape index (κ3) is 0.675. The third-order valence-corrected chi connectivity index (χ3v) is 6.30. The van der Waals surface area contributed by atoms with Crippen LogP contribution < -0.4 is 5.32 Å². The maximum atomic E-state index is 10.2. The summed E-state index contributed by atoms with van der Waals surface area (Å²) in [5.41, 5.74) is 0.604. The summed E-state index contributed by atoms with van der Waals surface area (Å²) in [5, 5.41) is 15.4. The molecule has 4 aliphatic rings. The van der Waals surface area contributed by atoms with E-state index in [1.165, 1.54) is 25.7 Å². The minimum atomic E-state index is 0.114. The quantitative estimate of drug-likeness (QED) is 0.680. The van der Waals surface area contributed by atoms with Crippen molar-refractivity contribution in [3.63, 3.8) is 0 Å². The van der Waals surface area contributed by atoms with Gasteiger partial charge in [-0.2, -0.15) is 5.06 Å². The minimum absolute atomic E-state index is 0.114. The van der Waals surface area contributed by atoms with Crippen molar-refractivity contribution < 1.29 is 5.21 Å². The summed E-state index contributed by atoms with van der Waals surface area (Å²) < 4.78 is 0. The number of hydrogen-bond acceptors (Lipinski definition) is 3. The van der Waals surface area contributed by atoms with Crippen LogP contribution in [-0.2, 0) is 0 Å². The van der Waals surface area contributed by atoms with E-state index in [0.29, 0.717) is 11.5 Å². The van der Waals surface area contributed by atoms with Crippen LogP contribution in [0, 0.1) is 17.3 Å². The van der Waals surface area contributed by atoms with Crippen LogP contribution in [0.25, 0.3) is 0 Å². The van der Waals surface area contributed by atoms with E-state index in [9.17, 15) is 5.21 Å². The van der Waals surface area contributed by atoms with E-state index < -0.39 is 0 Å². The molecule has 3 aliphatic carbocycles. The Labute approximate surface area is 90.8 Å². The smallest absolute Gasteiger partial charge is 0.0511 e. The van der Waals surface area contributed by atoms with Gasteiger partial charge in [0.05, 0.1) is 5.54 Å². The van der Waals surface area contributed by atoms with Gasteiger partial charge in [-0.05, 0) is 51.5 Å². The number of rotatable bonds is 1. The molecule has 3 nitrogen and oxygen atoms in total. The number of nitrogens with one attached hydrogen (secondary N) is 1. The molecular formula is C12H20N2O. The van der Waals surface area contributed by atoms with Crippen LogP contribution in [0.15, 0.2) is 0 Å². The number of hydroxylamine groups is 2. The van der Waals surface area contributed by atoms with Crippen molar-refractivity contribution in [3.8, 4) is 0 Å². The summed E-state index contributed by atoms with van der Waals surface area (Å²) in [6.07, 6.45) is 5.12. The molecule has 0 aromatic rings. The summed E-state index contributed by atoms with van der Waals surface area (Å²) in [6.45, 7) is 2.28. The highest BCUT2D eigenvalue weighted by atomic mass is 16.5. The lowest BCUT2D eigenvalue weighted by molar-refractivity contribution is -0.326. The Hall–Kier alpha value is -0.120. The van der Waals surface area contributed by atoms with Crippen LogP contribution in [-0.4, -0.2) is 34.9 Å². The van der Waals surface area contributed by atoms with Crippen molar-refractivity contribution in [3.05, 3.63) is 0 Å². The predicted octanol–water partition coefficient (Wildman–Crippen LogP) is 1.23. The molecule has 0 radical (unpaired) electrons. The van der Waals surface area contributed by atoms with Gasteiger partial charge in [0, 0.05) is 17.5 Å². The van der Waals surface area contributed by atoms with Crippen molar-refractivity contribution in [2.24, 2.45) is 17.3 Å². The lowest BCUT2D eigenvalue weighted by Crippen LogP contribution is -2.73. The Morgan fingerprint density at radius 1 is 1.27 bits per heavy atom. The zero-order valence-electron chi connectivity index (χ0n) is 9.53. The standard InChI is InChI=1S/C12H20N2O/c1-11-4-8-6-12(11)5-7(10(8)13-2)3-9(12)14(11)15/h7-10,13,15H,3-6H2,1-2H3. The Bertz CT molecular complexity index is 328. The second-order valence-corrected chi connectivity index (χ2v) is 6.47. The van der Waals surface area contributed by atoms with E-state index in [2.05, 4.69) is 19.3 Å². The zero-order valence-corrected chi connectivity index (χ0v) is 9.53. The average Bonchev–Trinajstić information content (AvgIpc) is 2.62. The van der Waals surface area contributed by atoms with Gasteiger partial charge in [0.25, 0.3) is 0 Å². The molecule has 0 aromatic heterocycles. The van der Waals surface area contributed by atoms with Crippen LogP contribution in [0.1, 0.15) is 32.6 Å². The van der Waals surface area contributed by atoms with Crippen LogP contribution in [0.3, 0.4) is 0 Å². The molecule has 84 valence electrons. The average molecular weight is 208 g/mol. The van der Waals surface area contributed by atoms with Gasteiger partial charge >= 0.3 is 0 Å². The highest BCUT2D eigenvalue weighted by molar-refractivity contribution is 5.29. The summed E-state index contributed by atoms with van der Waals surface area (Å²) in [5.74, 6) is 1.62. The monoisotopic (exact) mass is 208 g/mol. The van der Waals surface area contributed by atoms with E-state index >= 15 is 0 Å². The first-order chi connectivity index (χ1) is 7.12. The molecule has 1 spiro atoms. The first-order valence-corrected chi connectivity index (χ1v) is 6.28. The normalized spacial score (nSPS) is 65.8. The van der Waals surface area contributed by atoms with E-state index in [1.807, 2.05) is 0 Å². The maximum Gasteiger partial charge on any atom is 0.0511 e. The molecule has 4 fully saturated rings. The van der Waals surface area contributed by atoms with Gasteiger partial charge in [-0.1, -0.05) is 0 Å². The molecule has 0 amide bonds. The topological polar surface area (TPSA) is 35.5 Å². The lowest BCUT2D eigenvalue weighted by Gasteiger charge is -2.62. The fraction of sp³-hybridized carbons (Fsp3) is 1.00. The second kappa shape index (κ2) is 2.27. The Morgan fingerprint density at radius 2 is 2.00 bits per heavy atom. The maximum absolute atomic E-state index is 10.2. The van der Waals surface area contributed by atoms with E-state index in [-0.39, 0.29) is 5.54 Å². The van der Waals surface area contributed by atoms with Crippen molar-refractivity contribution in [1.29, 1.82) is 0 Å². The number of hydrogen-bond donors (Lipinski definition) is 2. The van der Waals surface area contributed by atoms with Gasteiger partial charge in [-0.3, -0.25) is 0 Å². The molecule has 6 atom stereocenters. The highest BCUT2D eigenvalue weighted by Gasteiger charge is 2.78. The van der Waals surface area contributed by atoms with E-state index in [4.69, 9.17) is 0 Å². The van der Waals surface area contributed by atoms with E-state index in [1.54, 1.807) is 5.06 Å². The molecule has 2 N–H and O–H groups in total. The summed E-state index contributed by atoms with van der Waals surface area (Å²) >= 11 is 0. The molecule has 1 aliphatic heterocycles. The zero-order chi connectivity index (χ0) is 10.4. The van der Waals surface area contributed by atoms with Gasteiger partial charge in [0.1, 0.15) is 0 Å². The largest absolute Gasteiger partial charge is 0.316 e. The fourth-order valence-corrected chi connectivity index (χ4v) is 5.79. The second-order valence-electron chi connectivity index (χ2n) is 6.47. The lowest BCUT2D eigenvalue weighted by atomic mass is 9.60. The summed E-state index contributed by atoms with van der Waals surface area (Å²) in [7, 11) is 2.11. The van der Waals surface area contributed by atoms with Crippen molar-refractivity contribution in [2.45, 2.75) is 50.2 Å². The first-order valence-electron chi connectivity index (χ1n) is 6.28.